The summed E-state index contributed by atoms with van der Waals surface area (Å²) in [5.74, 6) is 5.77. The zero-order chi connectivity index (χ0) is 12.8. The van der Waals surface area contributed by atoms with Crippen molar-refractivity contribution in [2.24, 2.45) is 5.84 Å². The minimum atomic E-state index is -0.189. The molecule has 1 atom stereocenters. The number of thiophene rings is 1. The Hall–Kier alpha value is -0.460. The van der Waals surface area contributed by atoms with Crippen LogP contribution in [-0.2, 0) is 15.9 Å². The van der Waals surface area contributed by atoms with Crippen molar-refractivity contribution in [3.05, 3.63) is 22.4 Å². The molecule has 2 heterocycles. The highest BCUT2D eigenvalue weighted by molar-refractivity contribution is 7.09. The maximum Gasteiger partial charge on any atom is 0.0895 e. The molecule has 1 unspecified atom stereocenters. The number of nitrogens with one attached hydrogen (secondary N) is 1. The van der Waals surface area contributed by atoms with Gasteiger partial charge < -0.3 is 9.47 Å². The van der Waals surface area contributed by atoms with Gasteiger partial charge in [0.15, 0.2) is 0 Å². The van der Waals surface area contributed by atoms with Crippen molar-refractivity contribution in [2.45, 2.75) is 37.8 Å². The van der Waals surface area contributed by atoms with Gasteiger partial charge in [0.1, 0.15) is 0 Å². The molecule has 1 aromatic rings. The topological polar surface area (TPSA) is 56.5 Å². The van der Waals surface area contributed by atoms with Gasteiger partial charge >= 0.3 is 0 Å². The molecule has 0 amide bonds. The Labute approximate surface area is 112 Å². The van der Waals surface area contributed by atoms with E-state index in [1.165, 1.54) is 4.88 Å². The van der Waals surface area contributed by atoms with Crippen LogP contribution in [0.15, 0.2) is 17.5 Å². The molecule has 4 nitrogen and oxygen atoms in total. The first-order chi connectivity index (χ1) is 8.80. The van der Waals surface area contributed by atoms with Crippen LogP contribution >= 0.6 is 11.3 Å². The Balaban J connectivity index is 2.10. The number of ether oxygens (including phenoxy) is 2. The third-order valence-corrected chi connectivity index (χ3v) is 4.49. The number of nitrogens with two attached hydrogens (primary N) is 1. The van der Waals surface area contributed by atoms with E-state index in [0.29, 0.717) is 6.61 Å². The van der Waals surface area contributed by atoms with E-state index < -0.39 is 0 Å². The van der Waals surface area contributed by atoms with Crippen LogP contribution in [-0.4, -0.2) is 31.5 Å². The van der Waals surface area contributed by atoms with E-state index in [-0.39, 0.29) is 11.6 Å². The van der Waals surface area contributed by atoms with E-state index in [2.05, 4.69) is 22.9 Å². The predicted molar refractivity (Wildman–Crippen MR) is 73.5 cm³/mol. The maximum absolute atomic E-state index is 6.05. The fraction of sp³-hybridized carbons (Fsp3) is 0.692. The second-order valence-electron chi connectivity index (χ2n) is 4.61. The van der Waals surface area contributed by atoms with Crippen LogP contribution in [0, 0.1) is 0 Å². The van der Waals surface area contributed by atoms with Crippen LogP contribution < -0.4 is 11.3 Å². The van der Waals surface area contributed by atoms with Gasteiger partial charge in [-0.3, -0.25) is 11.3 Å². The Morgan fingerprint density at radius 2 is 2.33 bits per heavy atom. The molecule has 1 fully saturated rings. The average Bonchev–Trinajstić information content (AvgIpc) is 2.90. The average molecular weight is 270 g/mol. The molecule has 102 valence electrons. The molecule has 1 saturated heterocycles. The molecule has 1 aliphatic rings. The molecule has 2 rings (SSSR count). The first kappa shape index (κ1) is 14.0. The van der Waals surface area contributed by atoms with Crippen LogP contribution in [0.5, 0.6) is 0 Å². The van der Waals surface area contributed by atoms with Crippen molar-refractivity contribution < 1.29 is 9.47 Å². The molecule has 5 heteroatoms. The van der Waals surface area contributed by atoms with Gasteiger partial charge in [-0.1, -0.05) is 6.07 Å². The summed E-state index contributed by atoms with van der Waals surface area (Å²) in [6.45, 7) is 4.25. The molecule has 0 bridgehead atoms. The fourth-order valence-electron chi connectivity index (χ4n) is 2.62. The van der Waals surface area contributed by atoms with E-state index in [4.69, 9.17) is 15.3 Å². The summed E-state index contributed by atoms with van der Waals surface area (Å²) in [7, 11) is 0. The largest absolute Gasteiger partial charge is 0.381 e. The minimum absolute atomic E-state index is 0.139. The van der Waals surface area contributed by atoms with Crippen LogP contribution in [0.1, 0.15) is 24.6 Å². The van der Waals surface area contributed by atoms with E-state index >= 15 is 0 Å². The molecular formula is C13H22N2O2S. The summed E-state index contributed by atoms with van der Waals surface area (Å²) < 4.78 is 11.5. The number of hydrogen-bond donors (Lipinski definition) is 2. The van der Waals surface area contributed by atoms with Crippen molar-refractivity contribution in [1.82, 2.24) is 5.43 Å². The highest BCUT2D eigenvalue weighted by Crippen LogP contribution is 2.31. The van der Waals surface area contributed by atoms with Crippen molar-refractivity contribution >= 4 is 11.3 Å². The zero-order valence-electron chi connectivity index (χ0n) is 10.9. The van der Waals surface area contributed by atoms with E-state index in [9.17, 15) is 0 Å². The summed E-state index contributed by atoms with van der Waals surface area (Å²) in [4.78, 5) is 1.34. The minimum Gasteiger partial charge on any atom is -0.381 e. The second-order valence-corrected chi connectivity index (χ2v) is 5.65. The van der Waals surface area contributed by atoms with Gasteiger partial charge in [-0.05, 0) is 18.4 Å². The van der Waals surface area contributed by atoms with Crippen LogP contribution in [0.4, 0.5) is 0 Å². The normalized spacial score (nSPS) is 20.8. The van der Waals surface area contributed by atoms with Gasteiger partial charge in [0.25, 0.3) is 0 Å². The number of hydrazine groups is 1. The summed E-state index contributed by atoms with van der Waals surface area (Å²) in [6, 6.07) is 4.36. The lowest BCUT2D eigenvalue weighted by atomic mass is 9.84. The molecule has 0 aliphatic carbocycles. The van der Waals surface area contributed by atoms with Crippen LogP contribution in [0.25, 0.3) is 0 Å². The van der Waals surface area contributed by atoms with Crippen molar-refractivity contribution in [2.75, 3.05) is 19.8 Å². The first-order valence-corrected chi connectivity index (χ1v) is 7.39. The molecule has 1 aliphatic heterocycles. The molecule has 1 aromatic heterocycles. The Morgan fingerprint density at radius 3 is 2.89 bits per heavy atom. The molecule has 0 spiro atoms. The zero-order valence-corrected chi connectivity index (χ0v) is 11.7. The molecule has 0 saturated carbocycles. The maximum atomic E-state index is 6.05. The quantitative estimate of drug-likeness (QED) is 0.610. The summed E-state index contributed by atoms with van der Waals surface area (Å²) in [5, 5.41) is 2.10. The summed E-state index contributed by atoms with van der Waals surface area (Å²) in [5.41, 5.74) is 2.77. The first-order valence-electron chi connectivity index (χ1n) is 6.51. The molecular weight excluding hydrogens is 248 g/mol. The summed E-state index contributed by atoms with van der Waals surface area (Å²) in [6.07, 6.45) is 2.72. The van der Waals surface area contributed by atoms with Gasteiger partial charge in [0.05, 0.1) is 11.6 Å². The third kappa shape index (κ3) is 3.10. The molecule has 0 aromatic carbocycles. The third-order valence-electron chi connectivity index (χ3n) is 3.59. The van der Waals surface area contributed by atoms with Crippen LogP contribution in [0.3, 0.4) is 0 Å². The fourth-order valence-corrected chi connectivity index (χ4v) is 3.38. The smallest absolute Gasteiger partial charge is 0.0895 e. The lowest BCUT2D eigenvalue weighted by Crippen LogP contribution is -2.58. The van der Waals surface area contributed by atoms with Gasteiger partial charge in [0.2, 0.25) is 0 Å². The van der Waals surface area contributed by atoms with E-state index in [1.54, 1.807) is 11.3 Å². The highest BCUT2D eigenvalue weighted by Gasteiger charge is 2.40. The monoisotopic (exact) mass is 270 g/mol. The molecule has 0 radical (unpaired) electrons. The number of rotatable bonds is 6. The van der Waals surface area contributed by atoms with E-state index in [1.807, 2.05) is 6.92 Å². The van der Waals surface area contributed by atoms with Gasteiger partial charge in [-0.2, -0.15) is 0 Å². The standard InChI is InChI=1S/C13H22N2O2S/c1-2-17-13(5-7-16-8-6-13)12(15-14)10-11-4-3-9-18-11/h3-4,9,12,15H,2,5-8,10,14H2,1H3. The molecule has 18 heavy (non-hydrogen) atoms. The molecule has 3 N–H and O–H groups in total. The lowest BCUT2D eigenvalue weighted by Gasteiger charge is -2.42. The number of hydrogen-bond acceptors (Lipinski definition) is 5. The SMILES string of the molecule is CCOC1(C(Cc2cccs2)NN)CCOCC1. The van der Waals surface area contributed by atoms with Gasteiger partial charge in [0, 0.05) is 44.0 Å². The van der Waals surface area contributed by atoms with Gasteiger partial charge in [-0.25, -0.2) is 0 Å². The second kappa shape index (κ2) is 6.63. The summed E-state index contributed by atoms with van der Waals surface area (Å²) >= 11 is 1.77. The van der Waals surface area contributed by atoms with Gasteiger partial charge in [-0.15, -0.1) is 11.3 Å². The van der Waals surface area contributed by atoms with E-state index in [0.717, 1.165) is 32.5 Å². The van der Waals surface area contributed by atoms with Crippen LogP contribution in [0.2, 0.25) is 0 Å². The lowest BCUT2D eigenvalue weighted by molar-refractivity contribution is -0.126. The van der Waals surface area contributed by atoms with Crippen molar-refractivity contribution in [1.29, 1.82) is 0 Å². The predicted octanol–water partition coefficient (Wildman–Crippen LogP) is 1.71. The highest BCUT2D eigenvalue weighted by atomic mass is 32.1. The Kier molecular flexibility index (Phi) is 5.14. The Morgan fingerprint density at radius 1 is 1.56 bits per heavy atom. The van der Waals surface area contributed by atoms with Crippen molar-refractivity contribution in [3.63, 3.8) is 0 Å². The Bertz CT molecular complexity index is 331. The van der Waals surface area contributed by atoms with Crippen molar-refractivity contribution in [3.8, 4) is 0 Å².